The van der Waals surface area contributed by atoms with Gasteiger partial charge in [0, 0.05) is 23.3 Å². The summed E-state index contributed by atoms with van der Waals surface area (Å²) in [6.45, 7) is 8.70. The van der Waals surface area contributed by atoms with Crippen LogP contribution in [0.1, 0.15) is 58.1 Å². The van der Waals surface area contributed by atoms with E-state index in [1.165, 1.54) is 11.5 Å². The highest BCUT2D eigenvalue weighted by atomic mass is 32.1. The Labute approximate surface area is 166 Å². The lowest BCUT2D eigenvalue weighted by Gasteiger charge is -2.12. The number of hydrogen-bond donors (Lipinski definition) is 1. The number of nitrogens with one attached hydrogen (secondary N) is 1. The molecule has 0 aliphatic heterocycles. The van der Waals surface area contributed by atoms with Crippen molar-refractivity contribution in [2.45, 2.75) is 53.7 Å². The van der Waals surface area contributed by atoms with Crippen LogP contribution in [0.25, 0.3) is 0 Å². The van der Waals surface area contributed by atoms with Gasteiger partial charge in [-0.1, -0.05) is 11.3 Å². The zero-order valence-electron chi connectivity index (χ0n) is 16.6. The average Bonchev–Trinajstić information content (AvgIpc) is 3.11. The molecule has 0 saturated heterocycles. The first-order valence-corrected chi connectivity index (χ1v) is 9.80. The molecule has 2 aromatic heterocycles. The predicted molar refractivity (Wildman–Crippen MR) is 104 cm³/mol. The number of esters is 2. The molecule has 0 bridgehead atoms. The van der Waals surface area contributed by atoms with Crippen LogP contribution in [0.4, 0.5) is 0 Å². The molecule has 0 aromatic carbocycles. The number of ether oxygens (including phenoxy) is 2. The first kappa shape index (κ1) is 21.6. The first-order valence-electron chi connectivity index (χ1n) is 8.92. The molecule has 9 heteroatoms. The van der Waals surface area contributed by atoms with E-state index in [0.717, 1.165) is 17.0 Å². The van der Waals surface area contributed by atoms with Crippen LogP contribution in [0, 0.1) is 20.8 Å². The smallest absolute Gasteiger partial charge is 0.340 e. The summed E-state index contributed by atoms with van der Waals surface area (Å²) in [4.78, 5) is 51.2. The fraction of sp³-hybridized carbons (Fsp3) is 0.474. The van der Waals surface area contributed by atoms with Crippen LogP contribution in [-0.2, 0) is 20.8 Å². The lowest BCUT2D eigenvalue weighted by Crippen LogP contribution is -2.26. The van der Waals surface area contributed by atoms with Crippen LogP contribution in [0.5, 0.6) is 0 Å². The molecule has 0 spiro atoms. The molecule has 1 unspecified atom stereocenters. The van der Waals surface area contributed by atoms with Crippen molar-refractivity contribution in [3.05, 3.63) is 43.3 Å². The molecule has 2 aromatic rings. The SMILES string of the molecule is CCOC(=O)c1c(C)[nH]c(C(=O)C(C)OC(=O)CCn2c(C)csc2=O)c1C. The quantitative estimate of drug-likeness (QED) is 0.531. The highest BCUT2D eigenvalue weighted by Gasteiger charge is 2.27. The number of rotatable bonds is 8. The van der Waals surface area contributed by atoms with E-state index in [9.17, 15) is 19.2 Å². The van der Waals surface area contributed by atoms with E-state index in [0.29, 0.717) is 16.8 Å². The number of nitrogens with zero attached hydrogens (tertiary/aromatic N) is 1. The first-order chi connectivity index (χ1) is 13.2. The maximum absolute atomic E-state index is 12.7. The molecule has 0 amide bonds. The molecule has 152 valence electrons. The fourth-order valence-corrected chi connectivity index (χ4v) is 3.66. The maximum atomic E-state index is 12.7. The van der Waals surface area contributed by atoms with Gasteiger partial charge in [0.05, 0.1) is 24.3 Å². The molecule has 1 atom stereocenters. The monoisotopic (exact) mass is 408 g/mol. The zero-order valence-corrected chi connectivity index (χ0v) is 17.4. The Morgan fingerprint density at radius 2 is 1.93 bits per heavy atom. The van der Waals surface area contributed by atoms with Crippen molar-refractivity contribution in [1.29, 1.82) is 0 Å². The van der Waals surface area contributed by atoms with Crippen molar-refractivity contribution >= 4 is 29.1 Å². The highest BCUT2D eigenvalue weighted by Crippen LogP contribution is 2.21. The summed E-state index contributed by atoms with van der Waals surface area (Å²) in [7, 11) is 0. The summed E-state index contributed by atoms with van der Waals surface area (Å²) >= 11 is 1.07. The largest absolute Gasteiger partial charge is 0.462 e. The number of ketones is 1. The van der Waals surface area contributed by atoms with Crippen LogP contribution in [0.2, 0.25) is 0 Å². The van der Waals surface area contributed by atoms with Crippen molar-refractivity contribution in [3.8, 4) is 0 Å². The van der Waals surface area contributed by atoms with E-state index in [1.54, 1.807) is 33.1 Å². The van der Waals surface area contributed by atoms with Crippen molar-refractivity contribution in [1.82, 2.24) is 9.55 Å². The summed E-state index contributed by atoms with van der Waals surface area (Å²) < 4.78 is 11.7. The Morgan fingerprint density at radius 1 is 1.25 bits per heavy atom. The third-order valence-electron chi connectivity index (χ3n) is 4.36. The summed E-state index contributed by atoms with van der Waals surface area (Å²) in [5.41, 5.74) is 2.28. The van der Waals surface area contributed by atoms with Gasteiger partial charge in [-0.05, 0) is 40.2 Å². The van der Waals surface area contributed by atoms with Gasteiger partial charge in [-0.2, -0.15) is 0 Å². The van der Waals surface area contributed by atoms with Gasteiger partial charge >= 0.3 is 16.8 Å². The lowest BCUT2D eigenvalue weighted by molar-refractivity contribution is -0.146. The minimum atomic E-state index is -1.03. The van der Waals surface area contributed by atoms with E-state index in [2.05, 4.69) is 4.98 Å². The Hall–Kier alpha value is -2.68. The van der Waals surface area contributed by atoms with Crippen molar-refractivity contribution in [3.63, 3.8) is 0 Å². The van der Waals surface area contributed by atoms with Gasteiger partial charge in [0.15, 0.2) is 6.10 Å². The molecule has 2 rings (SSSR count). The highest BCUT2D eigenvalue weighted by molar-refractivity contribution is 7.07. The van der Waals surface area contributed by atoms with Crippen LogP contribution in [0.3, 0.4) is 0 Å². The van der Waals surface area contributed by atoms with Gasteiger partial charge in [0.25, 0.3) is 0 Å². The van der Waals surface area contributed by atoms with Crippen molar-refractivity contribution in [2.24, 2.45) is 0 Å². The predicted octanol–water partition coefficient (Wildman–Crippen LogP) is 2.54. The fourth-order valence-electron chi connectivity index (χ4n) is 2.90. The molecule has 0 fully saturated rings. The molecule has 0 aliphatic rings. The van der Waals surface area contributed by atoms with Crippen molar-refractivity contribution < 1.29 is 23.9 Å². The summed E-state index contributed by atoms with van der Waals surface area (Å²) in [5, 5.41) is 1.72. The van der Waals surface area contributed by atoms with Crippen molar-refractivity contribution in [2.75, 3.05) is 6.61 Å². The van der Waals surface area contributed by atoms with E-state index in [4.69, 9.17) is 9.47 Å². The second kappa shape index (κ2) is 9.01. The average molecular weight is 408 g/mol. The van der Waals surface area contributed by atoms with Crippen LogP contribution >= 0.6 is 11.3 Å². The van der Waals surface area contributed by atoms with E-state index in [-0.39, 0.29) is 30.1 Å². The van der Waals surface area contributed by atoms with Gasteiger partial charge in [-0.25, -0.2) is 4.79 Å². The molecule has 8 nitrogen and oxygen atoms in total. The number of carbonyl (C=O) groups excluding carboxylic acids is 3. The van der Waals surface area contributed by atoms with E-state index < -0.39 is 23.8 Å². The normalized spacial score (nSPS) is 11.9. The third kappa shape index (κ3) is 4.59. The van der Waals surface area contributed by atoms with Crippen LogP contribution in [-0.4, -0.2) is 40.0 Å². The topological polar surface area (TPSA) is 107 Å². The summed E-state index contributed by atoms with van der Waals surface area (Å²) in [5.74, 6) is -1.52. The lowest BCUT2D eigenvalue weighted by atomic mass is 10.1. The number of aromatic nitrogens is 2. The third-order valence-corrected chi connectivity index (χ3v) is 5.24. The number of aryl methyl sites for hydroxylation is 2. The molecule has 0 aliphatic carbocycles. The second-order valence-electron chi connectivity index (χ2n) is 6.39. The summed E-state index contributed by atoms with van der Waals surface area (Å²) in [6, 6.07) is 0. The Morgan fingerprint density at radius 3 is 2.50 bits per heavy atom. The Balaban J connectivity index is 2.04. The molecular formula is C19H24N2O6S. The minimum Gasteiger partial charge on any atom is -0.462 e. The van der Waals surface area contributed by atoms with E-state index in [1.807, 2.05) is 0 Å². The van der Waals surface area contributed by atoms with Gasteiger partial charge in [-0.3, -0.25) is 14.4 Å². The molecule has 0 radical (unpaired) electrons. The number of aromatic amines is 1. The van der Waals surface area contributed by atoms with Crippen LogP contribution < -0.4 is 4.87 Å². The van der Waals surface area contributed by atoms with Gasteiger partial charge in [-0.15, -0.1) is 0 Å². The van der Waals surface area contributed by atoms with Gasteiger partial charge in [0.1, 0.15) is 0 Å². The Kier molecular flexibility index (Phi) is 6.95. The molecular weight excluding hydrogens is 384 g/mol. The number of thiazole rings is 1. The van der Waals surface area contributed by atoms with Gasteiger partial charge in [0.2, 0.25) is 5.78 Å². The number of Topliss-reactive ketones (excluding diaryl/α,β-unsaturated/α-hetero) is 1. The zero-order chi connectivity index (χ0) is 21.0. The number of H-pyrrole nitrogens is 1. The minimum absolute atomic E-state index is 0.0219. The van der Waals surface area contributed by atoms with E-state index >= 15 is 0 Å². The van der Waals surface area contributed by atoms with Crippen LogP contribution in [0.15, 0.2) is 10.2 Å². The molecule has 0 saturated carbocycles. The number of hydrogen-bond acceptors (Lipinski definition) is 7. The second-order valence-corrected chi connectivity index (χ2v) is 7.21. The molecule has 2 heterocycles. The molecule has 1 N–H and O–H groups in total. The Bertz CT molecular complexity index is 952. The standard InChI is InChI=1S/C19H24N2O6S/c1-6-26-18(24)15-11(3)16(20-12(15)4)17(23)13(5)27-14(22)7-8-21-10(2)9-28-19(21)25/h9,13,20H,6-8H2,1-5H3. The van der Waals surface area contributed by atoms with Gasteiger partial charge < -0.3 is 19.0 Å². The molecule has 28 heavy (non-hydrogen) atoms. The summed E-state index contributed by atoms with van der Waals surface area (Å²) in [6.07, 6.45) is -1.05. The maximum Gasteiger partial charge on any atom is 0.340 e. The number of carbonyl (C=O) groups is 3.